The summed E-state index contributed by atoms with van der Waals surface area (Å²) in [6, 6.07) is 0. The third-order valence-corrected chi connectivity index (χ3v) is 4.51. The van der Waals surface area contributed by atoms with Gasteiger partial charge < -0.3 is 9.47 Å². The molecule has 1 fully saturated rings. The van der Waals surface area contributed by atoms with Gasteiger partial charge in [-0.15, -0.1) is 11.8 Å². The number of fused-ring (bicyclic) bond motifs is 1. The Hall–Kier alpha value is -1.50. The molecule has 2 aliphatic heterocycles. The molecule has 0 aliphatic carbocycles. The molecule has 0 aromatic heterocycles. The van der Waals surface area contributed by atoms with Gasteiger partial charge in [-0.05, 0) is 12.5 Å². The number of thioether (sulfide) groups is 1. The van der Waals surface area contributed by atoms with E-state index in [1.165, 1.54) is 30.9 Å². The molecule has 0 radical (unpaired) electrons. The Balaban J connectivity index is 2.42. The van der Waals surface area contributed by atoms with Crippen molar-refractivity contribution >= 4 is 29.6 Å². The first-order valence-electron chi connectivity index (χ1n) is 5.35. The lowest BCUT2D eigenvalue weighted by molar-refractivity contribution is -0.148. The normalized spacial score (nSPS) is 26.4. The number of β-lactam (4-membered cyclic amide) rings is 1. The van der Waals surface area contributed by atoms with E-state index in [0.29, 0.717) is 12.0 Å². The van der Waals surface area contributed by atoms with Crippen LogP contribution in [-0.4, -0.2) is 47.6 Å². The van der Waals surface area contributed by atoms with Crippen molar-refractivity contribution in [2.24, 2.45) is 0 Å². The second-order valence-electron chi connectivity index (χ2n) is 3.98. The standard InChI is InChI=1S/C11H13NO5S/c1-5-8(10(14)16-2)12-6(13)4-7(12)18-9(5)11(15)17-3/h7,9H,4H2,1-3H3/t7-,9+/m1/s1. The minimum Gasteiger partial charge on any atom is -0.468 e. The van der Waals surface area contributed by atoms with Crippen molar-refractivity contribution in [3.63, 3.8) is 0 Å². The van der Waals surface area contributed by atoms with Gasteiger partial charge in [-0.25, -0.2) is 4.79 Å². The number of esters is 2. The van der Waals surface area contributed by atoms with Crippen LogP contribution in [0.1, 0.15) is 13.3 Å². The number of carbonyl (C=O) groups excluding carboxylic acids is 3. The largest absolute Gasteiger partial charge is 0.468 e. The summed E-state index contributed by atoms with van der Waals surface area (Å²) in [7, 11) is 2.54. The minimum atomic E-state index is -0.597. The van der Waals surface area contributed by atoms with Gasteiger partial charge >= 0.3 is 11.9 Å². The highest BCUT2D eigenvalue weighted by Gasteiger charge is 2.49. The van der Waals surface area contributed by atoms with E-state index in [1.807, 2.05) is 0 Å². The average Bonchev–Trinajstić information content (AvgIpc) is 2.37. The van der Waals surface area contributed by atoms with E-state index in [9.17, 15) is 14.4 Å². The van der Waals surface area contributed by atoms with Crippen LogP contribution < -0.4 is 0 Å². The number of rotatable bonds is 2. The minimum absolute atomic E-state index is 0.129. The van der Waals surface area contributed by atoms with Crippen LogP contribution in [0.2, 0.25) is 0 Å². The molecule has 0 N–H and O–H groups in total. The van der Waals surface area contributed by atoms with E-state index in [-0.39, 0.29) is 17.0 Å². The molecule has 2 rings (SSSR count). The maximum Gasteiger partial charge on any atom is 0.354 e. The number of hydrogen-bond donors (Lipinski definition) is 0. The zero-order chi connectivity index (χ0) is 13.4. The van der Waals surface area contributed by atoms with E-state index >= 15 is 0 Å². The molecule has 1 amide bonds. The molecular weight excluding hydrogens is 258 g/mol. The summed E-state index contributed by atoms with van der Waals surface area (Å²) < 4.78 is 9.38. The van der Waals surface area contributed by atoms with Crippen molar-refractivity contribution in [3.8, 4) is 0 Å². The predicted octanol–water partition coefficient (Wildman–Crippen LogP) is 0.280. The summed E-state index contributed by atoms with van der Waals surface area (Å²) in [5, 5.41) is -0.738. The van der Waals surface area contributed by atoms with Gasteiger partial charge in [0, 0.05) is 0 Å². The summed E-state index contributed by atoms with van der Waals surface area (Å²) in [6.45, 7) is 1.64. The lowest BCUT2D eigenvalue weighted by Gasteiger charge is -2.45. The van der Waals surface area contributed by atoms with Crippen LogP contribution in [-0.2, 0) is 23.9 Å². The molecule has 2 aliphatic rings. The van der Waals surface area contributed by atoms with E-state index < -0.39 is 17.2 Å². The Morgan fingerprint density at radius 1 is 1.33 bits per heavy atom. The first kappa shape index (κ1) is 12.9. The third kappa shape index (κ3) is 1.78. The number of carbonyl (C=O) groups is 3. The summed E-state index contributed by atoms with van der Waals surface area (Å²) in [5.41, 5.74) is 0.677. The zero-order valence-electron chi connectivity index (χ0n) is 10.3. The van der Waals surface area contributed by atoms with Crippen LogP contribution in [0, 0.1) is 0 Å². The smallest absolute Gasteiger partial charge is 0.354 e. The molecule has 0 spiro atoms. The maximum absolute atomic E-state index is 11.7. The van der Waals surface area contributed by atoms with Crippen LogP contribution in [0.5, 0.6) is 0 Å². The van der Waals surface area contributed by atoms with E-state index in [0.717, 1.165) is 0 Å². The van der Waals surface area contributed by atoms with Crippen molar-refractivity contribution in [2.75, 3.05) is 14.2 Å². The Morgan fingerprint density at radius 3 is 2.50 bits per heavy atom. The predicted molar refractivity (Wildman–Crippen MR) is 63.4 cm³/mol. The topological polar surface area (TPSA) is 72.9 Å². The molecule has 98 valence electrons. The highest BCUT2D eigenvalue weighted by Crippen LogP contribution is 2.44. The fraction of sp³-hybridized carbons (Fsp3) is 0.545. The fourth-order valence-electron chi connectivity index (χ4n) is 2.03. The number of amides is 1. The van der Waals surface area contributed by atoms with Gasteiger partial charge in [0.05, 0.1) is 26.0 Å². The maximum atomic E-state index is 11.7. The molecule has 0 bridgehead atoms. The highest BCUT2D eigenvalue weighted by molar-refractivity contribution is 8.01. The van der Waals surface area contributed by atoms with E-state index in [4.69, 9.17) is 4.74 Å². The molecule has 1 saturated heterocycles. The lowest BCUT2D eigenvalue weighted by Crippen LogP contribution is -2.56. The zero-order valence-corrected chi connectivity index (χ0v) is 11.1. The molecule has 6 nitrogen and oxygen atoms in total. The Kier molecular flexibility index (Phi) is 3.34. The van der Waals surface area contributed by atoms with Gasteiger partial charge in [-0.1, -0.05) is 0 Å². The van der Waals surface area contributed by atoms with Crippen molar-refractivity contribution in [2.45, 2.75) is 24.0 Å². The monoisotopic (exact) mass is 271 g/mol. The Labute approximate surface area is 108 Å². The van der Waals surface area contributed by atoms with Gasteiger partial charge in [0.2, 0.25) is 5.91 Å². The summed E-state index contributed by atoms with van der Waals surface area (Å²) in [6.07, 6.45) is 0.325. The van der Waals surface area contributed by atoms with Crippen LogP contribution in [0.25, 0.3) is 0 Å². The Bertz CT molecular complexity index is 458. The number of ether oxygens (including phenoxy) is 2. The molecule has 2 heterocycles. The SMILES string of the molecule is COC(=O)C1=C(C)[C@@H](C(=O)OC)S[C@@H]2CC(=O)N12. The molecule has 7 heteroatoms. The molecule has 0 aromatic rings. The lowest BCUT2D eigenvalue weighted by atomic mass is 10.1. The van der Waals surface area contributed by atoms with Gasteiger partial charge in [-0.3, -0.25) is 14.5 Å². The average molecular weight is 271 g/mol. The first-order chi connectivity index (χ1) is 8.51. The van der Waals surface area contributed by atoms with Crippen molar-refractivity contribution < 1.29 is 23.9 Å². The van der Waals surface area contributed by atoms with Crippen LogP contribution in [0.4, 0.5) is 0 Å². The Morgan fingerprint density at radius 2 is 2.00 bits per heavy atom. The molecule has 18 heavy (non-hydrogen) atoms. The highest BCUT2D eigenvalue weighted by atomic mass is 32.2. The second kappa shape index (κ2) is 4.64. The van der Waals surface area contributed by atoms with Crippen molar-refractivity contribution in [1.82, 2.24) is 4.90 Å². The van der Waals surface area contributed by atoms with Gasteiger partial charge in [0.1, 0.15) is 10.9 Å². The summed E-state index contributed by atoms with van der Waals surface area (Å²) in [5.74, 6) is -1.15. The third-order valence-electron chi connectivity index (χ3n) is 3.00. The molecule has 0 unspecified atom stereocenters. The summed E-state index contributed by atoms with van der Waals surface area (Å²) in [4.78, 5) is 36.3. The van der Waals surface area contributed by atoms with Crippen LogP contribution in [0.15, 0.2) is 11.3 Å². The van der Waals surface area contributed by atoms with Crippen LogP contribution in [0.3, 0.4) is 0 Å². The first-order valence-corrected chi connectivity index (χ1v) is 6.30. The van der Waals surface area contributed by atoms with Crippen molar-refractivity contribution in [3.05, 3.63) is 11.3 Å². The van der Waals surface area contributed by atoms with Crippen molar-refractivity contribution in [1.29, 1.82) is 0 Å². The molecule has 0 saturated carbocycles. The van der Waals surface area contributed by atoms with Gasteiger partial charge in [0.15, 0.2) is 0 Å². The molecule has 2 atom stereocenters. The number of hydrogen-bond acceptors (Lipinski definition) is 6. The molecule has 0 aromatic carbocycles. The van der Waals surface area contributed by atoms with Crippen LogP contribution >= 0.6 is 11.8 Å². The summed E-state index contributed by atoms with van der Waals surface area (Å²) >= 11 is 1.32. The second-order valence-corrected chi connectivity index (χ2v) is 5.27. The van der Waals surface area contributed by atoms with Gasteiger partial charge in [0.25, 0.3) is 0 Å². The quantitative estimate of drug-likeness (QED) is 0.530. The van der Waals surface area contributed by atoms with E-state index in [2.05, 4.69) is 4.74 Å². The number of nitrogens with zero attached hydrogens (tertiary/aromatic N) is 1. The van der Waals surface area contributed by atoms with E-state index in [1.54, 1.807) is 6.92 Å². The van der Waals surface area contributed by atoms with Gasteiger partial charge in [-0.2, -0.15) is 0 Å². The number of methoxy groups -OCH3 is 2. The molecular formula is C11H13NO5S. The fourth-order valence-corrected chi connectivity index (χ4v) is 3.45.